The second-order valence-electron chi connectivity index (χ2n) is 4.86. The summed E-state index contributed by atoms with van der Waals surface area (Å²) in [4.78, 5) is 0. The molecule has 15 heavy (non-hydrogen) atoms. The lowest BCUT2D eigenvalue weighted by atomic mass is 9.88. The van der Waals surface area contributed by atoms with Gasteiger partial charge in [-0.05, 0) is 62.3 Å². The third-order valence-electron chi connectivity index (χ3n) is 3.95. The van der Waals surface area contributed by atoms with Crippen molar-refractivity contribution >= 4 is 0 Å². The molecule has 1 saturated carbocycles. The summed E-state index contributed by atoms with van der Waals surface area (Å²) in [5.74, 6) is 1.12. The van der Waals surface area contributed by atoms with Gasteiger partial charge in [0.1, 0.15) is 5.75 Å². The SMILES string of the molecule is Cc1cc(O)c(C2CCCC2)c(C)c1C. The van der Waals surface area contributed by atoms with Crippen molar-refractivity contribution in [3.63, 3.8) is 0 Å². The molecule has 1 heteroatoms. The highest BCUT2D eigenvalue weighted by atomic mass is 16.3. The van der Waals surface area contributed by atoms with Crippen LogP contribution in [0.2, 0.25) is 0 Å². The Morgan fingerprint density at radius 3 is 2.27 bits per heavy atom. The van der Waals surface area contributed by atoms with Gasteiger partial charge < -0.3 is 5.11 Å². The standard InChI is InChI=1S/C14H20O/c1-9-8-13(15)14(11(3)10(9)2)12-6-4-5-7-12/h8,12,15H,4-7H2,1-3H3. The Kier molecular flexibility index (Phi) is 2.72. The Morgan fingerprint density at radius 2 is 1.67 bits per heavy atom. The summed E-state index contributed by atoms with van der Waals surface area (Å²) in [5, 5.41) is 10.1. The molecule has 1 fully saturated rings. The summed E-state index contributed by atoms with van der Waals surface area (Å²) in [5.41, 5.74) is 5.07. The van der Waals surface area contributed by atoms with Crippen LogP contribution in [-0.2, 0) is 0 Å². The maximum Gasteiger partial charge on any atom is 0.119 e. The summed E-state index contributed by atoms with van der Waals surface area (Å²) in [6, 6.07) is 1.93. The molecule has 1 aliphatic carbocycles. The van der Waals surface area contributed by atoms with Gasteiger partial charge in [0.25, 0.3) is 0 Å². The molecule has 0 amide bonds. The van der Waals surface area contributed by atoms with Crippen LogP contribution >= 0.6 is 0 Å². The lowest BCUT2D eigenvalue weighted by Gasteiger charge is -2.18. The molecule has 0 radical (unpaired) electrons. The first-order chi connectivity index (χ1) is 7.11. The van der Waals surface area contributed by atoms with Crippen LogP contribution in [0.4, 0.5) is 0 Å². The lowest BCUT2D eigenvalue weighted by Crippen LogP contribution is -2.00. The van der Waals surface area contributed by atoms with Gasteiger partial charge >= 0.3 is 0 Å². The third-order valence-corrected chi connectivity index (χ3v) is 3.95. The Labute approximate surface area is 92.1 Å². The second kappa shape index (κ2) is 3.88. The molecule has 1 aliphatic rings. The van der Waals surface area contributed by atoms with Crippen molar-refractivity contribution in [3.05, 3.63) is 28.3 Å². The van der Waals surface area contributed by atoms with Gasteiger partial charge in [-0.25, -0.2) is 0 Å². The summed E-state index contributed by atoms with van der Waals surface area (Å²) in [6.07, 6.45) is 5.13. The average molecular weight is 204 g/mol. The molecule has 0 aliphatic heterocycles. The molecule has 82 valence electrons. The molecule has 0 saturated heterocycles. The highest BCUT2D eigenvalue weighted by Gasteiger charge is 2.22. The van der Waals surface area contributed by atoms with E-state index in [-0.39, 0.29) is 0 Å². The number of phenols is 1. The van der Waals surface area contributed by atoms with Crippen molar-refractivity contribution in [2.45, 2.75) is 52.4 Å². The van der Waals surface area contributed by atoms with Gasteiger partial charge in [0.05, 0.1) is 0 Å². The zero-order valence-electron chi connectivity index (χ0n) is 9.93. The average Bonchev–Trinajstić information content (AvgIpc) is 2.68. The van der Waals surface area contributed by atoms with E-state index in [2.05, 4.69) is 20.8 Å². The van der Waals surface area contributed by atoms with Crippen LogP contribution in [-0.4, -0.2) is 5.11 Å². The monoisotopic (exact) mass is 204 g/mol. The van der Waals surface area contributed by atoms with E-state index in [4.69, 9.17) is 0 Å². The van der Waals surface area contributed by atoms with E-state index in [1.165, 1.54) is 47.9 Å². The number of hydrogen-bond donors (Lipinski definition) is 1. The maximum atomic E-state index is 10.1. The molecular formula is C14H20O. The van der Waals surface area contributed by atoms with Crippen LogP contribution in [0, 0.1) is 20.8 Å². The van der Waals surface area contributed by atoms with Gasteiger partial charge in [-0.15, -0.1) is 0 Å². The van der Waals surface area contributed by atoms with Crippen molar-refractivity contribution in [1.82, 2.24) is 0 Å². The highest BCUT2D eigenvalue weighted by Crippen LogP contribution is 2.41. The van der Waals surface area contributed by atoms with E-state index in [1.807, 2.05) is 6.07 Å². The van der Waals surface area contributed by atoms with Gasteiger partial charge in [-0.2, -0.15) is 0 Å². The van der Waals surface area contributed by atoms with Crippen LogP contribution in [0.25, 0.3) is 0 Å². The molecule has 1 nitrogen and oxygen atoms in total. The number of benzene rings is 1. The van der Waals surface area contributed by atoms with Crippen molar-refractivity contribution < 1.29 is 5.11 Å². The largest absolute Gasteiger partial charge is 0.508 e. The van der Waals surface area contributed by atoms with E-state index in [0.717, 1.165) is 0 Å². The molecule has 1 N–H and O–H groups in total. The normalized spacial score (nSPS) is 17.3. The Balaban J connectivity index is 2.50. The molecule has 0 bridgehead atoms. The van der Waals surface area contributed by atoms with Gasteiger partial charge in [-0.3, -0.25) is 0 Å². The molecular weight excluding hydrogens is 184 g/mol. The predicted octanol–water partition coefficient (Wildman–Crippen LogP) is 3.98. The van der Waals surface area contributed by atoms with Crippen LogP contribution in [0.5, 0.6) is 5.75 Å². The molecule has 2 rings (SSSR count). The summed E-state index contributed by atoms with van der Waals surface area (Å²) in [6.45, 7) is 6.37. The Morgan fingerprint density at radius 1 is 1.07 bits per heavy atom. The molecule has 0 atom stereocenters. The van der Waals surface area contributed by atoms with Crippen molar-refractivity contribution in [2.24, 2.45) is 0 Å². The first-order valence-electron chi connectivity index (χ1n) is 5.91. The second-order valence-corrected chi connectivity index (χ2v) is 4.86. The molecule has 1 aromatic rings. The minimum absolute atomic E-state index is 0.516. The zero-order chi connectivity index (χ0) is 11.0. The number of hydrogen-bond acceptors (Lipinski definition) is 1. The molecule has 0 heterocycles. The maximum absolute atomic E-state index is 10.1. The number of aromatic hydroxyl groups is 1. The minimum Gasteiger partial charge on any atom is -0.508 e. The van der Waals surface area contributed by atoms with Gasteiger partial charge in [0.15, 0.2) is 0 Å². The number of phenolic OH excluding ortho intramolecular Hbond substituents is 1. The van der Waals surface area contributed by atoms with Gasteiger partial charge in [-0.1, -0.05) is 12.8 Å². The zero-order valence-corrected chi connectivity index (χ0v) is 9.93. The molecule has 0 aromatic heterocycles. The van der Waals surface area contributed by atoms with Crippen LogP contribution in [0.15, 0.2) is 6.07 Å². The Hall–Kier alpha value is -0.980. The molecule has 1 aromatic carbocycles. The van der Waals surface area contributed by atoms with E-state index in [9.17, 15) is 5.11 Å². The van der Waals surface area contributed by atoms with Crippen LogP contribution in [0.3, 0.4) is 0 Å². The van der Waals surface area contributed by atoms with E-state index in [0.29, 0.717) is 11.7 Å². The molecule has 0 unspecified atom stereocenters. The fraction of sp³-hybridized carbons (Fsp3) is 0.571. The van der Waals surface area contributed by atoms with E-state index in [1.54, 1.807) is 0 Å². The Bertz CT molecular complexity index is 373. The van der Waals surface area contributed by atoms with E-state index >= 15 is 0 Å². The van der Waals surface area contributed by atoms with Crippen LogP contribution < -0.4 is 0 Å². The fourth-order valence-electron chi connectivity index (χ4n) is 2.81. The number of rotatable bonds is 1. The van der Waals surface area contributed by atoms with Crippen LogP contribution in [0.1, 0.15) is 53.9 Å². The third kappa shape index (κ3) is 1.75. The predicted molar refractivity (Wildman–Crippen MR) is 63.5 cm³/mol. The summed E-state index contributed by atoms with van der Waals surface area (Å²) < 4.78 is 0. The minimum atomic E-state index is 0.516. The smallest absolute Gasteiger partial charge is 0.119 e. The van der Waals surface area contributed by atoms with Gasteiger partial charge in [0, 0.05) is 5.56 Å². The fourth-order valence-corrected chi connectivity index (χ4v) is 2.81. The lowest BCUT2D eigenvalue weighted by molar-refractivity contribution is 0.459. The summed E-state index contributed by atoms with van der Waals surface area (Å²) >= 11 is 0. The first kappa shape index (κ1) is 10.5. The van der Waals surface area contributed by atoms with Crippen molar-refractivity contribution in [3.8, 4) is 5.75 Å². The molecule has 0 spiro atoms. The van der Waals surface area contributed by atoms with Gasteiger partial charge in [0.2, 0.25) is 0 Å². The highest BCUT2D eigenvalue weighted by molar-refractivity contribution is 5.49. The number of aryl methyl sites for hydroxylation is 1. The quantitative estimate of drug-likeness (QED) is 0.733. The van der Waals surface area contributed by atoms with Crippen molar-refractivity contribution in [2.75, 3.05) is 0 Å². The summed E-state index contributed by atoms with van der Waals surface area (Å²) in [7, 11) is 0. The van der Waals surface area contributed by atoms with Crippen molar-refractivity contribution in [1.29, 1.82) is 0 Å². The topological polar surface area (TPSA) is 20.2 Å². The van der Waals surface area contributed by atoms with E-state index < -0.39 is 0 Å². The first-order valence-corrected chi connectivity index (χ1v) is 5.91.